The number of methoxy groups -OCH3 is 1. The van der Waals surface area contributed by atoms with Gasteiger partial charge in [0.15, 0.2) is 0 Å². The van der Waals surface area contributed by atoms with E-state index in [2.05, 4.69) is 10.6 Å². The van der Waals surface area contributed by atoms with Crippen LogP contribution in [0.5, 0.6) is 5.75 Å². The van der Waals surface area contributed by atoms with Gasteiger partial charge in [-0.1, -0.05) is 12.1 Å². The predicted molar refractivity (Wildman–Crippen MR) is 84.4 cm³/mol. The Morgan fingerprint density at radius 3 is 2.81 bits per heavy atom. The zero-order chi connectivity index (χ0) is 15.1. The van der Waals surface area contributed by atoms with Crippen LogP contribution in [0.25, 0.3) is 0 Å². The van der Waals surface area contributed by atoms with E-state index >= 15 is 0 Å². The van der Waals surface area contributed by atoms with Crippen LogP contribution in [-0.4, -0.2) is 26.1 Å². The van der Waals surface area contributed by atoms with Gasteiger partial charge in [0, 0.05) is 6.42 Å². The molecule has 1 saturated heterocycles. The van der Waals surface area contributed by atoms with Crippen molar-refractivity contribution < 1.29 is 9.53 Å². The van der Waals surface area contributed by atoms with Crippen molar-refractivity contribution >= 4 is 5.91 Å². The highest BCUT2D eigenvalue weighted by Crippen LogP contribution is 2.19. The average molecular weight is 290 g/mol. The molecule has 1 aromatic rings. The molecule has 1 aliphatic rings. The molecule has 2 rings (SSSR count). The number of carbonyl (C=O) groups is 1. The summed E-state index contributed by atoms with van der Waals surface area (Å²) in [5.74, 6) is 1.63. The van der Waals surface area contributed by atoms with E-state index in [1.54, 1.807) is 7.11 Å². The summed E-state index contributed by atoms with van der Waals surface area (Å²) < 4.78 is 5.14. The van der Waals surface area contributed by atoms with E-state index in [0.717, 1.165) is 30.8 Å². The Bertz CT molecular complexity index is 439. The molecule has 4 nitrogen and oxygen atoms in total. The smallest absolute Gasteiger partial charge is 0.220 e. The first-order valence-corrected chi connectivity index (χ1v) is 7.83. The van der Waals surface area contributed by atoms with Crippen LogP contribution in [0.1, 0.15) is 44.2 Å². The highest BCUT2D eigenvalue weighted by molar-refractivity contribution is 5.76. The van der Waals surface area contributed by atoms with Crippen molar-refractivity contribution in [3.8, 4) is 5.75 Å². The summed E-state index contributed by atoms with van der Waals surface area (Å²) >= 11 is 0. The Balaban J connectivity index is 1.75. The molecule has 0 saturated carbocycles. The molecule has 1 heterocycles. The fraction of sp³-hybridized carbons (Fsp3) is 0.588. The molecule has 1 aliphatic heterocycles. The number of hydrogen-bond acceptors (Lipinski definition) is 3. The fourth-order valence-corrected chi connectivity index (χ4v) is 2.80. The zero-order valence-corrected chi connectivity index (χ0v) is 13.0. The highest BCUT2D eigenvalue weighted by atomic mass is 16.5. The first-order valence-electron chi connectivity index (χ1n) is 7.83. The van der Waals surface area contributed by atoms with E-state index in [9.17, 15) is 4.79 Å². The van der Waals surface area contributed by atoms with Crippen molar-refractivity contribution in [2.24, 2.45) is 5.92 Å². The van der Waals surface area contributed by atoms with Crippen LogP contribution >= 0.6 is 0 Å². The van der Waals surface area contributed by atoms with E-state index in [0.29, 0.717) is 12.3 Å². The molecule has 21 heavy (non-hydrogen) atoms. The molecule has 1 unspecified atom stereocenters. The van der Waals surface area contributed by atoms with Crippen molar-refractivity contribution in [1.82, 2.24) is 10.6 Å². The molecule has 1 amide bonds. The number of piperidine rings is 1. The quantitative estimate of drug-likeness (QED) is 0.847. The molecule has 1 fully saturated rings. The van der Waals surface area contributed by atoms with Crippen LogP contribution in [-0.2, 0) is 4.79 Å². The van der Waals surface area contributed by atoms with Gasteiger partial charge in [-0.3, -0.25) is 4.79 Å². The molecule has 0 spiro atoms. The van der Waals surface area contributed by atoms with Crippen molar-refractivity contribution in [2.75, 3.05) is 20.2 Å². The monoisotopic (exact) mass is 290 g/mol. The SMILES string of the molecule is COc1ccc([C@@H](C)NC(=O)CCC2CCCNC2)cc1. The predicted octanol–water partition coefficient (Wildman–Crippen LogP) is 2.65. The maximum atomic E-state index is 12.0. The first-order chi connectivity index (χ1) is 10.2. The largest absolute Gasteiger partial charge is 0.497 e. The number of hydrogen-bond donors (Lipinski definition) is 2. The first kappa shape index (κ1) is 15.8. The van der Waals surface area contributed by atoms with E-state index in [1.807, 2.05) is 31.2 Å². The third-order valence-corrected chi connectivity index (χ3v) is 4.17. The second-order valence-corrected chi connectivity index (χ2v) is 5.81. The number of rotatable bonds is 6. The van der Waals surface area contributed by atoms with E-state index in [4.69, 9.17) is 4.74 Å². The molecule has 1 aromatic carbocycles. The topological polar surface area (TPSA) is 50.4 Å². The Labute approximate surface area is 127 Å². The molecule has 2 atom stereocenters. The molecule has 0 aromatic heterocycles. The van der Waals surface area contributed by atoms with Crippen LogP contribution in [0.3, 0.4) is 0 Å². The summed E-state index contributed by atoms with van der Waals surface area (Å²) in [6.45, 7) is 4.19. The Morgan fingerprint density at radius 1 is 1.43 bits per heavy atom. The summed E-state index contributed by atoms with van der Waals surface area (Å²) in [7, 11) is 1.65. The summed E-state index contributed by atoms with van der Waals surface area (Å²) in [6, 6.07) is 7.87. The Morgan fingerprint density at radius 2 is 2.19 bits per heavy atom. The maximum absolute atomic E-state index is 12.0. The molecule has 2 N–H and O–H groups in total. The van der Waals surface area contributed by atoms with Gasteiger partial charge in [-0.2, -0.15) is 0 Å². The molecule has 0 aliphatic carbocycles. The van der Waals surface area contributed by atoms with Crippen LogP contribution < -0.4 is 15.4 Å². The molecular weight excluding hydrogens is 264 g/mol. The van der Waals surface area contributed by atoms with Gasteiger partial charge in [-0.25, -0.2) is 0 Å². The minimum atomic E-state index is 0.0351. The van der Waals surface area contributed by atoms with Crippen molar-refractivity contribution in [2.45, 2.75) is 38.6 Å². The van der Waals surface area contributed by atoms with E-state index in [1.165, 1.54) is 12.8 Å². The van der Waals surface area contributed by atoms with E-state index in [-0.39, 0.29) is 11.9 Å². The van der Waals surface area contributed by atoms with Gasteiger partial charge in [0.2, 0.25) is 5.91 Å². The lowest BCUT2D eigenvalue weighted by atomic mass is 9.94. The summed E-state index contributed by atoms with van der Waals surface area (Å²) in [5, 5.41) is 6.47. The summed E-state index contributed by atoms with van der Waals surface area (Å²) in [5.41, 5.74) is 1.10. The second-order valence-electron chi connectivity index (χ2n) is 5.81. The van der Waals surface area contributed by atoms with Gasteiger partial charge in [0.1, 0.15) is 5.75 Å². The van der Waals surface area contributed by atoms with Gasteiger partial charge in [0.25, 0.3) is 0 Å². The molecule has 116 valence electrons. The normalized spacial score (nSPS) is 19.8. The van der Waals surface area contributed by atoms with Gasteiger partial charge in [-0.15, -0.1) is 0 Å². The van der Waals surface area contributed by atoms with Crippen LogP contribution in [0.4, 0.5) is 0 Å². The lowest BCUT2D eigenvalue weighted by molar-refractivity contribution is -0.122. The Kier molecular flexibility index (Phi) is 6.05. The molecular formula is C17H26N2O2. The second kappa shape index (κ2) is 8.03. The average Bonchev–Trinajstić information content (AvgIpc) is 2.54. The van der Waals surface area contributed by atoms with E-state index < -0.39 is 0 Å². The van der Waals surface area contributed by atoms with Crippen LogP contribution in [0.2, 0.25) is 0 Å². The van der Waals surface area contributed by atoms with Gasteiger partial charge in [0.05, 0.1) is 13.2 Å². The van der Waals surface area contributed by atoms with Gasteiger partial charge >= 0.3 is 0 Å². The van der Waals surface area contributed by atoms with Crippen LogP contribution in [0.15, 0.2) is 24.3 Å². The lowest BCUT2D eigenvalue weighted by Gasteiger charge is -2.22. The number of amides is 1. The number of nitrogens with one attached hydrogen (secondary N) is 2. The molecule has 0 bridgehead atoms. The van der Waals surface area contributed by atoms with Crippen LogP contribution in [0, 0.1) is 5.92 Å². The van der Waals surface area contributed by atoms with Crippen molar-refractivity contribution in [3.63, 3.8) is 0 Å². The molecule has 0 radical (unpaired) electrons. The minimum absolute atomic E-state index is 0.0351. The number of ether oxygens (including phenoxy) is 1. The number of carbonyl (C=O) groups excluding carboxylic acids is 1. The Hall–Kier alpha value is -1.55. The van der Waals surface area contributed by atoms with Crippen molar-refractivity contribution in [3.05, 3.63) is 29.8 Å². The van der Waals surface area contributed by atoms with Gasteiger partial charge < -0.3 is 15.4 Å². The fourth-order valence-electron chi connectivity index (χ4n) is 2.80. The minimum Gasteiger partial charge on any atom is -0.497 e. The molecule has 4 heteroatoms. The van der Waals surface area contributed by atoms with Gasteiger partial charge in [-0.05, 0) is 62.9 Å². The lowest BCUT2D eigenvalue weighted by Crippen LogP contribution is -2.31. The number of benzene rings is 1. The third-order valence-electron chi connectivity index (χ3n) is 4.17. The third kappa shape index (κ3) is 5.05. The summed E-state index contributed by atoms with van der Waals surface area (Å²) in [6.07, 6.45) is 4.07. The maximum Gasteiger partial charge on any atom is 0.220 e. The highest BCUT2D eigenvalue weighted by Gasteiger charge is 2.15. The zero-order valence-electron chi connectivity index (χ0n) is 13.0. The standard InChI is InChI=1S/C17H26N2O2/c1-13(15-6-8-16(21-2)9-7-15)19-17(20)10-5-14-4-3-11-18-12-14/h6-9,13-14,18H,3-5,10-12H2,1-2H3,(H,19,20)/t13-,14?/m1/s1. The summed E-state index contributed by atoms with van der Waals surface area (Å²) in [4.78, 5) is 12.0. The van der Waals surface area contributed by atoms with Crippen molar-refractivity contribution in [1.29, 1.82) is 0 Å².